The van der Waals surface area contributed by atoms with Gasteiger partial charge in [-0.3, -0.25) is 0 Å². The Morgan fingerprint density at radius 3 is 1.00 bits per heavy atom. The number of rotatable bonds is 0. The second-order valence-electron chi connectivity index (χ2n) is 0. The smallest absolute Gasteiger partial charge is 0 e. The number of hydrogen-bond donors (Lipinski definition) is 0. The van der Waals surface area contributed by atoms with Crippen molar-refractivity contribution in [3.63, 3.8) is 0 Å². The summed E-state index contributed by atoms with van der Waals surface area (Å²) in [6.07, 6.45) is 0. The fourth-order valence-electron chi connectivity index (χ4n) is 0. The molecule has 0 aliphatic rings. The van der Waals surface area contributed by atoms with E-state index in [0.717, 1.165) is 0 Å². The zero-order chi connectivity index (χ0) is 0. The third-order valence-electron chi connectivity index (χ3n) is 0. The molecular weight excluding hydrogens is 295 g/mol. The Labute approximate surface area is 76.5 Å². The van der Waals surface area contributed by atoms with Crippen LogP contribution in [0.5, 0.6) is 0 Å². The summed E-state index contributed by atoms with van der Waals surface area (Å²) < 4.78 is 0. The summed E-state index contributed by atoms with van der Waals surface area (Å²) in [6, 6.07) is 0. The molecule has 0 rings (SSSR count). The van der Waals surface area contributed by atoms with Crippen LogP contribution in [0.15, 0.2) is 0 Å². The van der Waals surface area contributed by atoms with Gasteiger partial charge >= 0.3 is 0 Å². The van der Waals surface area contributed by atoms with E-state index < -0.39 is 0 Å². The first-order valence-electron chi connectivity index (χ1n) is 0. The Morgan fingerprint density at radius 2 is 1.00 bits per heavy atom. The predicted octanol–water partition coefficient (Wildman–Crippen LogP) is -0.388. The summed E-state index contributed by atoms with van der Waals surface area (Å²) in [7, 11) is 0. The maximum Gasteiger partial charge on any atom is 0 e. The Bertz CT molecular complexity index is 8.00. The molecule has 0 N–H and O–H groups in total. The van der Waals surface area contributed by atoms with Crippen molar-refractivity contribution in [2.45, 2.75) is 0 Å². The van der Waals surface area contributed by atoms with Gasteiger partial charge in [-0.15, -0.1) is 0 Å². The van der Waals surface area contributed by atoms with Crippen molar-refractivity contribution in [3.8, 4) is 0 Å². The Balaban J connectivity index is 0. The van der Waals surface area contributed by atoms with Crippen molar-refractivity contribution < 1.29 is 53.6 Å². The van der Waals surface area contributed by atoms with Crippen LogP contribution in [0.1, 0.15) is 0 Å². The van der Waals surface area contributed by atoms with Crippen molar-refractivity contribution in [1.29, 1.82) is 0 Å². The average molecular weight is 295 g/mol. The van der Waals surface area contributed by atoms with Crippen molar-refractivity contribution in [1.82, 2.24) is 0 Å². The third-order valence-corrected chi connectivity index (χ3v) is 0. The quantitative estimate of drug-likeness (QED) is 0.534. The molecule has 4 heteroatoms. The molecule has 5 radical (unpaired) electrons. The molecule has 0 aliphatic heterocycles. The van der Waals surface area contributed by atoms with Crippen molar-refractivity contribution >= 4 is 23.9 Å². The molecule has 0 atom stereocenters. The van der Waals surface area contributed by atoms with E-state index in [1.807, 2.05) is 0 Å². The molecule has 0 bridgehead atoms. The SMILES string of the molecule is [Fe].[Mn].[Sn].[Zn]. The Morgan fingerprint density at radius 1 is 1.00 bits per heavy atom. The van der Waals surface area contributed by atoms with Crippen LogP contribution in [0, 0.1) is 0 Å². The molecule has 0 saturated carbocycles. The van der Waals surface area contributed by atoms with E-state index >= 15 is 0 Å². The zero-order valence-electron chi connectivity index (χ0n) is 1.94. The van der Waals surface area contributed by atoms with Gasteiger partial charge in [-0.25, -0.2) is 0 Å². The molecule has 0 aromatic rings. The van der Waals surface area contributed by atoms with Gasteiger partial charge in [-0.2, -0.15) is 0 Å². The third kappa shape index (κ3) is 8.82. The fourth-order valence-corrected chi connectivity index (χ4v) is 0. The summed E-state index contributed by atoms with van der Waals surface area (Å²) in [5.74, 6) is 0. The van der Waals surface area contributed by atoms with Crippen LogP contribution < -0.4 is 0 Å². The Hall–Kier alpha value is 2.46. The fraction of sp³-hybridized carbons (Fsp3) is 0. The van der Waals surface area contributed by atoms with Crippen LogP contribution in [-0.2, 0) is 53.6 Å². The maximum atomic E-state index is 0. The van der Waals surface area contributed by atoms with E-state index in [9.17, 15) is 0 Å². The van der Waals surface area contributed by atoms with Gasteiger partial charge in [0.25, 0.3) is 0 Å². The minimum Gasteiger partial charge on any atom is 0 e. The van der Waals surface area contributed by atoms with Gasteiger partial charge in [0.1, 0.15) is 0 Å². The van der Waals surface area contributed by atoms with E-state index in [1.165, 1.54) is 0 Å². The monoisotopic (exact) mass is 295 g/mol. The predicted molar refractivity (Wildman–Crippen MR) is 5.75 cm³/mol. The molecule has 21 valence electrons. The van der Waals surface area contributed by atoms with Crippen LogP contribution in [0.2, 0.25) is 0 Å². The molecule has 0 fully saturated rings. The molecule has 0 saturated heterocycles. The second kappa shape index (κ2) is 17.9. The summed E-state index contributed by atoms with van der Waals surface area (Å²) >= 11 is 0. The van der Waals surface area contributed by atoms with Crippen LogP contribution >= 0.6 is 0 Å². The first-order valence-corrected chi connectivity index (χ1v) is 0. The van der Waals surface area contributed by atoms with E-state index in [2.05, 4.69) is 0 Å². The normalized spacial score (nSPS) is 0. The second-order valence-corrected chi connectivity index (χ2v) is 0. The summed E-state index contributed by atoms with van der Waals surface area (Å²) in [4.78, 5) is 0. The van der Waals surface area contributed by atoms with Gasteiger partial charge in [-0.05, 0) is 0 Å². The molecule has 0 aromatic carbocycles. The largest absolute Gasteiger partial charge is 0 e. The van der Waals surface area contributed by atoms with E-state index in [1.54, 1.807) is 0 Å². The van der Waals surface area contributed by atoms with Crippen LogP contribution in [0.4, 0.5) is 0 Å². The van der Waals surface area contributed by atoms with Crippen LogP contribution in [-0.4, -0.2) is 23.9 Å². The molecule has 0 unspecified atom stereocenters. The van der Waals surface area contributed by atoms with E-state index in [4.69, 9.17) is 0 Å². The zero-order valence-corrected chi connectivity index (χ0v) is 10.0. The topological polar surface area (TPSA) is 0 Å². The molecular formula is FeMnSnZn. The van der Waals surface area contributed by atoms with Gasteiger partial charge in [0.2, 0.25) is 0 Å². The Kier molecular flexibility index (Phi) is 143. The minimum absolute atomic E-state index is 0. The average Bonchev–Trinajstić information content (AvgIpc) is 0. The van der Waals surface area contributed by atoms with E-state index in [0.29, 0.717) is 0 Å². The molecule has 0 aromatic heterocycles. The van der Waals surface area contributed by atoms with Crippen molar-refractivity contribution in [2.75, 3.05) is 0 Å². The van der Waals surface area contributed by atoms with Gasteiger partial charge in [-0.1, -0.05) is 0 Å². The van der Waals surface area contributed by atoms with E-state index in [-0.39, 0.29) is 77.5 Å². The molecule has 0 spiro atoms. The summed E-state index contributed by atoms with van der Waals surface area (Å²) in [6.45, 7) is 0. The maximum absolute atomic E-state index is 0. The first-order chi connectivity index (χ1) is 0. The molecule has 0 aliphatic carbocycles. The van der Waals surface area contributed by atoms with Gasteiger partial charge in [0, 0.05) is 77.5 Å². The molecule has 0 amide bonds. The standard InChI is InChI=1S/Fe.Mn.Sn.Zn. The summed E-state index contributed by atoms with van der Waals surface area (Å²) in [5.41, 5.74) is 0. The first kappa shape index (κ1) is 31.8. The number of hydrogen-bond acceptors (Lipinski definition) is 0. The van der Waals surface area contributed by atoms with Gasteiger partial charge < -0.3 is 0 Å². The minimum atomic E-state index is 0. The van der Waals surface area contributed by atoms with Crippen molar-refractivity contribution in [2.24, 2.45) is 0 Å². The van der Waals surface area contributed by atoms with Gasteiger partial charge in [0.15, 0.2) is 0 Å². The van der Waals surface area contributed by atoms with Crippen molar-refractivity contribution in [3.05, 3.63) is 0 Å². The molecule has 0 nitrogen and oxygen atoms in total. The summed E-state index contributed by atoms with van der Waals surface area (Å²) in [5, 5.41) is 0. The van der Waals surface area contributed by atoms with Crippen LogP contribution in [0.3, 0.4) is 0 Å². The van der Waals surface area contributed by atoms with Gasteiger partial charge in [0.05, 0.1) is 0 Å². The van der Waals surface area contributed by atoms with Crippen LogP contribution in [0.25, 0.3) is 0 Å². The molecule has 4 heavy (non-hydrogen) atoms. The molecule has 0 heterocycles.